The zero-order valence-corrected chi connectivity index (χ0v) is 19.0. The topological polar surface area (TPSA) is 79.5 Å². The average molecular weight is 446 g/mol. The van der Waals surface area contributed by atoms with Gasteiger partial charge in [0, 0.05) is 28.7 Å². The number of hydrogen-bond acceptors (Lipinski definition) is 4. The first-order chi connectivity index (χ1) is 16.1. The maximum atomic E-state index is 12.4. The maximum absolute atomic E-state index is 12.4. The van der Waals surface area contributed by atoms with Gasteiger partial charge >= 0.3 is 0 Å². The van der Waals surface area contributed by atoms with Crippen LogP contribution < -0.4 is 20.7 Å². The van der Waals surface area contributed by atoms with Crippen molar-refractivity contribution in [3.8, 4) is 5.75 Å². The molecule has 0 atom stereocenters. The molecule has 3 aromatic rings. The standard InChI is InChI=1S/C27H31N3O3/c1-2-3-4-8-17-33-25-16-10-13-22(19-25)28-20-26(31)29-23-14-9-15-24(18-23)30-27(32)21-11-6-5-7-12-21/h5-7,9-16,18-19,28H,2-4,8,17,20H2,1H3,(H,29,31)(H,30,32). The minimum atomic E-state index is -0.201. The quantitative estimate of drug-likeness (QED) is 0.301. The van der Waals surface area contributed by atoms with E-state index >= 15 is 0 Å². The minimum Gasteiger partial charge on any atom is -0.494 e. The van der Waals surface area contributed by atoms with Crippen LogP contribution in [0.15, 0.2) is 78.9 Å². The highest BCUT2D eigenvalue weighted by Gasteiger charge is 2.07. The summed E-state index contributed by atoms with van der Waals surface area (Å²) in [6.45, 7) is 2.99. The van der Waals surface area contributed by atoms with Crippen LogP contribution in [0.25, 0.3) is 0 Å². The highest BCUT2D eigenvalue weighted by Crippen LogP contribution is 2.19. The second-order valence-electron chi connectivity index (χ2n) is 7.74. The van der Waals surface area contributed by atoms with Crippen LogP contribution in [0, 0.1) is 0 Å². The molecule has 0 saturated heterocycles. The van der Waals surface area contributed by atoms with E-state index in [9.17, 15) is 9.59 Å². The smallest absolute Gasteiger partial charge is 0.255 e. The first-order valence-electron chi connectivity index (χ1n) is 11.4. The summed E-state index contributed by atoms with van der Waals surface area (Å²) in [5, 5.41) is 8.82. The van der Waals surface area contributed by atoms with Crippen molar-refractivity contribution in [2.24, 2.45) is 0 Å². The Labute approximate surface area is 195 Å². The van der Waals surface area contributed by atoms with Crippen molar-refractivity contribution in [3.63, 3.8) is 0 Å². The molecule has 33 heavy (non-hydrogen) atoms. The van der Waals surface area contributed by atoms with Crippen LogP contribution >= 0.6 is 0 Å². The van der Waals surface area contributed by atoms with E-state index in [0.717, 1.165) is 17.9 Å². The minimum absolute atomic E-state index is 0.112. The van der Waals surface area contributed by atoms with Gasteiger partial charge in [-0.15, -0.1) is 0 Å². The number of anilines is 3. The van der Waals surface area contributed by atoms with Gasteiger partial charge in [0.15, 0.2) is 0 Å². The third-order valence-electron chi connectivity index (χ3n) is 4.99. The molecular weight excluding hydrogens is 414 g/mol. The van der Waals surface area contributed by atoms with Crippen LogP contribution in [-0.4, -0.2) is 25.0 Å². The van der Waals surface area contributed by atoms with E-state index < -0.39 is 0 Å². The van der Waals surface area contributed by atoms with Gasteiger partial charge in [0.05, 0.1) is 13.2 Å². The summed E-state index contributed by atoms with van der Waals surface area (Å²) in [7, 11) is 0. The summed E-state index contributed by atoms with van der Waals surface area (Å²) in [6.07, 6.45) is 4.64. The van der Waals surface area contributed by atoms with Gasteiger partial charge in [0.25, 0.3) is 5.91 Å². The summed E-state index contributed by atoms with van der Waals surface area (Å²) in [5.74, 6) is 0.402. The van der Waals surface area contributed by atoms with Crippen LogP contribution in [0.5, 0.6) is 5.75 Å². The molecule has 6 heteroatoms. The number of rotatable bonds is 12. The SMILES string of the molecule is CCCCCCOc1cccc(NCC(=O)Nc2cccc(NC(=O)c3ccccc3)c2)c1. The van der Waals surface area contributed by atoms with Gasteiger partial charge in [-0.1, -0.05) is 56.5 Å². The molecular formula is C27H31N3O3. The maximum Gasteiger partial charge on any atom is 0.255 e. The number of nitrogens with one attached hydrogen (secondary N) is 3. The van der Waals surface area contributed by atoms with Crippen molar-refractivity contribution in [3.05, 3.63) is 84.4 Å². The largest absolute Gasteiger partial charge is 0.494 e. The van der Waals surface area contributed by atoms with Gasteiger partial charge in [-0.2, -0.15) is 0 Å². The van der Waals surface area contributed by atoms with E-state index in [1.54, 1.807) is 36.4 Å². The molecule has 0 heterocycles. The Morgan fingerprint density at radius 2 is 1.48 bits per heavy atom. The Hall–Kier alpha value is -3.80. The zero-order valence-electron chi connectivity index (χ0n) is 19.0. The summed E-state index contributed by atoms with van der Waals surface area (Å²) in [4.78, 5) is 24.7. The van der Waals surface area contributed by atoms with E-state index in [-0.39, 0.29) is 18.4 Å². The molecule has 0 bridgehead atoms. The summed E-state index contributed by atoms with van der Waals surface area (Å²) >= 11 is 0. The third-order valence-corrected chi connectivity index (χ3v) is 4.99. The summed E-state index contributed by atoms with van der Waals surface area (Å²) in [6, 6.07) is 23.7. The molecule has 0 aromatic heterocycles. The van der Waals surface area contributed by atoms with Crippen molar-refractivity contribution in [1.29, 1.82) is 0 Å². The Morgan fingerprint density at radius 3 is 2.27 bits per heavy atom. The molecule has 0 spiro atoms. The predicted octanol–water partition coefficient (Wildman–Crippen LogP) is 5.95. The molecule has 6 nitrogen and oxygen atoms in total. The second-order valence-corrected chi connectivity index (χ2v) is 7.74. The molecule has 3 N–H and O–H groups in total. The van der Waals surface area contributed by atoms with E-state index in [1.165, 1.54) is 19.3 Å². The summed E-state index contributed by atoms with van der Waals surface area (Å²) in [5.41, 5.74) is 2.61. The molecule has 0 aliphatic rings. The Bertz CT molecular complexity index is 1040. The molecule has 0 radical (unpaired) electrons. The number of amides is 2. The molecule has 3 aromatic carbocycles. The van der Waals surface area contributed by atoms with Crippen LogP contribution in [0.1, 0.15) is 43.0 Å². The monoisotopic (exact) mass is 445 g/mol. The van der Waals surface area contributed by atoms with Gasteiger partial charge in [-0.3, -0.25) is 9.59 Å². The molecule has 0 unspecified atom stereocenters. The highest BCUT2D eigenvalue weighted by molar-refractivity contribution is 6.04. The number of carbonyl (C=O) groups is 2. The average Bonchev–Trinajstić information content (AvgIpc) is 2.84. The van der Waals surface area contributed by atoms with Crippen molar-refractivity contribution in [1.82, 2.24) is 0 Å². The third kappa shape index (κ3) is 8.33. The molecule has 0 aliphatic heterocycles. The van der Waals surface area contributed by atoms with Gasteiger partial charge < -0.3 is 20.7 Å². The lowest BCUT2D eigenvalue weighted by atomic mass is 10.2. The molecule has 0 saturated carbocycles. The zero-order chi connectivity index (χ0) is 23.3. The van der Waals surface area contributed by atoms with E-state index in [2.05, 4.69) is 22.9 Å². The lowest BCUT2D eigenvalue weighted by molar-refractivity contribution is -0.114. The van der Waals surface area contributed by atoms with E-state index in [0.29, 0.717) is 23.5 Å². The second kappa shape index (κ2) is 12.9. The van der Waals surface area contributed by atoms with Gasteiger partial charge in [0.1, 0.15) is 5.75 Å². The fourth-order valence-electron chi connectivity index (χ4n) is 3.27. The Kier molecular flexibility index (Phi) is 9.33. The Balaban J connectivity index is 1.47. The first kappa shape index (κ1) is 23.9. The molecule has 2 amide bonds. The van der Waals surface area contributed by atoms with Gasteiger partial charge in [0.2, 0.25) is 5.91 Å². The van der Waals surface area contributed by atoms with Crippen LogP contribution in [-0.2, 0) is 4.79 Å². The van der Waals surface area contributed by atoms with Gasteiger partial charge in [-0.05, 0) is 48.9 Å². The molecule has 3 rings (SSSR count). The summed E-state index contributed by atoms with van der Waals surface area (Å²) < 4.78 is 5.80. The predicted molar refractivity (Wildman–Crippen MR) is 134 cm³/mol. The van der Waals surface area contributed by atoms with Crippen molar-refractivity contribution >= 4 is 28.9 Å². The number of carbonyl (C=O) groups excluding carboxylic acids is 2. The normalized spacial score (nSPS) is 10.3. The lowest BCUT2D eigenvalue weighted by Crippen LogP contribution is -2.21. The number of ether oxygens (including phenoxy) is 1. The highest BCUT2D eigenvalue weighted by atomic mass is 16.5. The number of benzene rings is 3. The molecule has 0 aliphatic carbocycles. The first-order valence-corrected chi connectivity index (χ1v) is 11.4. The fraction of sp³-hybridized carbons (Fsp3) is 0.259. The number of hydrogen-bond donors (Lipinski definition) is 3. The van der Waals surface area contributed by atoms with Crippen molar-refractivity contribution < 1.29 is 14.3 Å². The molecule has 0 fully saturated rings. The number of unbranched alkanes of at least 4 members (excludes halogenated alkanes) is 3. The van der Waals surface area contributed by atoms with Crippen molar-refractivity contribution in [2.45, 2.75) is 32.6 Å². The van der Waals surface area contributed by atoms with E-state index in [4.69, 9.17) is 4.74 Å². The van der Waals surface area contributed by atoms with Crippen LogP contribution in [0.4, 0.5) is 17.1 Å². The molecule has 172 valence electrons. The van der Waals surface area contributed by atoms with Crippen LogP contribution in [0.3, 0.4) is 0 Å². The van der Waals surface area contributed by atoms with Gasteiger partial charge in [-0.25, -0.2) is 0 Å². The van der Waals surface area contributed by atoms with E-state index in [1.807, 2.05) is 42.5 Å². The lowest BCUT2D eigenvalue weighted by Gasteiger charge is -2.11. The fourth-order valence-corrected chi connectivity index (χ4v) is 3.27. The van der Waals surface area contributed by atoms with Crippen molar-refractivity contribution in [2.75, 3.05) is 29.1 Å². The van der Waals surface area contributed by atoms with Crippen LogP contribution in [0.2, 0.25) is 0 Å². The Morgan fingerprint density at radius 1 is 0.758 bits per heavy atom.